The normalized spacial score (nSPS) is 23.8. The van der Waals surface area contributed by atoms with Crippen LogP contribution in [-0.4, -0.2) is 35.5 Å². The third-order valence-electron chi connectivity index (χ3n) is 7.51. The first-order valence-corrected chi connectivity index (χ1v) is 11.0. The van der Waals surface area contributed by atoms with E-state index < -0.39 is 41.2 Å². The summed E-state index contributed by atoms with van der Waals surface area (Å²) in [6, 6.07) is 6.41. The molecular formula is C23H27F3N4O2. The molecule has 3 N–H and O–H groups in total. The second-order valence-corrected chi connectivity index (χ2v) is 9.51. The predicted molar refractivity (Wildman–Crippen MR) is 110 cm³/mol. The summed E-state index contributed by atoms with van der Waals surface area (Å²) in [5.41, 5.74) is 3.62. The molecule has 1 aromatic rings. The van der Waals surface area contributed by atoms with Crippen molar-refractivity contribution in [2.45, 2.75) is 56.4 Å². The van der Waals surface area contributed by atoms with E-state index in [1.54, 1.807) is 4.90 Å². The number of carbonyl (C=O) groups excluding carboxylic acids is 2. The zero-order valence-corrected chi connectivity index (χ0v) is 17.8. The average Bonchev–Trinajstić information content (AvgIpc) is 3.67. The Morgan fingerprint density at radius 2 is 1.91 bits per heavy atom. The lowest BCUT2D eigenvalue weighted by Gasteiger charge is -2.33. The van der Waals surface area contributed by atoms with Gasteiger partial charge in [0.2, 0.25) is 5.91 Å². The number of likely N-dealkylation sites (tertiary alicyclic amines) is 1. The fraction of sp³-hybridized carbons (Fsp3) is 0.609. The van der Waals surface area contributed by atoms with E-state index in [0.29, 0.717) is 45.2 Å². The number of nitriles is 1. The summed E-state index contributed by atoms with van der Waals surface area (Å²) in [6.07, 6.45) is 2.37. The molecule has 4 rings (SSSR count). The minimum atomic E-state index is -3.41. The summed E-state index contributed by atoms with van der Waals surface area (Å²) < 4.78 is 43.6. The zero-order chi connectivity index (χ0) is 23.1. The monoisotopic (exact) mass is 448 g/mol. The van der Waals surface area contributed by atoms with Crippen molar-refractivity contribution in [2.75, 3.05) is 13.1 Å². The van der Waals surface area contributed by atoms with Crippen molar-refractivity contribution < 1.29 is 22.8 Å². The van der Waals surface area contributed by atoms with Crippen LogP contribution in [0.5, 0.6) is 0 Å². The van der Waals surface area contributed by atoms with Crippen molar-refractivity contribution in [1.29, 1.82) is 5.26 Å². The number of nitrogens with two attached hydrogens (primary N) is 1. The standard InChI is InChI=1S/C23H27F3N4O2/c24-18-4-2-1-3-16(18)23(25,26)6-5-15(19(31)29-22(14-27)7-8-22)17-13-21(17)9-11-30(12-10-21)20(28)32/h1-4,15,17H,5-13H2,(H2,28,32)(H,29,31)/t15-,17?/m0/s1. The molecule has 3 amide bonds. The number of piperidine rings is 1. The highest BCUT2D eigenvalue weighted by Gasteiger charge is 2.60. The molecule has 3 fully saturated rings. The third-order valence-corrected chi connectivity index (χ3v) is 7.51. The Bertz CT molecular complexity index is 949. The van der Waals surface area contributed by atoms with Gasteiger partial charge in [-0.15, -0.1) is 0 Å². The topological polar surface area (TPSA) is 99.2 Å². The molecule has 2 aliphatic carbocycles. The van der Waals surface area contributed by atoms with E-state index in [1.165, 1.54) is 12.1 Å². The number of primary amides is 1. The Kier molecular flexibility index (Phi) is 5.60. The fourth-order valence-corrected chi connectivity index (χ4v) is 5.16. The summed E-state index contributed by atoms with van der Waals surface area (Å²) in [4.78, 5) is 26.1. The maximum Gasteiger partial charge on any atom is 0.314 e. The molecule has 0 aromatic heterocycles. The average molecular weight is 448 g/mol. The van der Waals surface area contributed by atoms with Crippen LogP contribution in [0.4, 0.5) is 18.0 Å². The van der Waals surface area contributed by atoms with Gasteiger partial charge in [0.25, 0.3) is 5.92 Å². The zero-order valence-electron chi connectivity index (χ0n) is 17.8. The molecule has 1 spiro atoms. The summed E-state index contributed by atoms with van der Waals surface area (Å²) >= 11 is 0. The van der Waals surface area contributed by atoms with Crippen LogP contribution in [0, 0.1) is 34.4 Å². The number of nitrogens with zero attached hydrogens (tertiary/aromatic N) is 2. The van der Waals surface area contributed by atoms with Crippen LogP contribution in [0.3, 0.4) is 0 Å². The molecule has 0 bridgehead atoms. The van der Waals surface area contributed by atoms with Crippen LogP contribution in [0.1, 0.15) is 50.5 Å². The van der Waals surface area contributed by atoms with E-state index in [1.807, 2.05) is 0 Å². The van der Waals surface area contributed by atoms with Gasteiger partial charge in [0, 0.05) is 25.4 Å². The molecule has 6 nitrogen and oxygen atoms in total. The van der Waals surface area contributed by atoms with Crippen molar-refractivity contribution in [2.24, 2.45) is 23.0 Å². The van der Waals surface area contributed by atoms with Gasteiger partial charge < -0.3 is 16.0 Å². The summed E-state index contributed by atoms with van der Waals surface area (Å²) in [7, 11) is 0. The highest BCUT2D eigenvalue weighted by atomic mass is 19.3. The number of halogens is 3. The van der Waals surface area contributed by atoms with Crippen LogP contribution >= 0.6 is 0 Å². The van der Waals surface area contributed by atoms with Crippen molar-refractivity contribution in [3.05, 3.63) is 35.6 Å². The molecule has 1 saturated heterocycles. The maximum atomic E-state index is 14.8. The molecule has 2 atom stereocenters. The van der Waals surface area contributed by atoms with Gasteiger partial charge in [-0.1, -0.05) is 18.2 Å². The van der Waals surface area contributed by atoms with Gasteiger partial charge in [-0.2, -0.15) is 5.26 Å². The lowest BCUT2D eigenvalue weighted by Crippen LogP contribution is -2.44. The van der Waals surface area contributed by atoms with E-state index in [2.05, 4.69) is 11.4 Å². The minimum Gasteiger partial charge on any atom is -0.351 e. The van der Waals surface area contributed by atoms with Gasteiger partial charge in [-0.25, -0.2) is 18.0 Å². The Hall–Kier alpha value is -2.76. The minimum absolute atomic E-state index is 0.108. The van der Waals surface area contributed by atoms with Crippen LogP contribution in [-0.2, 0) is 10.7 Å². The Morgan fingerprint density at radius 3 is 2.47 bits per heavy atom. The second kappa shape index (κ2) is 7.98. The highest BCUT2D eigenvalue weighted by Crippen LogP contribution is 2.63. The maximum absolute atomic E-state index is 14.8. The van der Waals surface area contributed by atoms with Gasteiger partial charge in [-0.05, 0) is 55.9 Å². The molecule has 32 heavy (non-hydrogen) atoms. The van der Waals surface area contributed by atoms with Crippen molar-refractivity contribution in [3.8, 4) is 6.07 Å². The number of alkyl halides is 2. The molecular weight excluding hydrogens is 421 g/mol. The molecule has 172 valence electrons. The van der Waals surface area contributed by atoms with Crippen LogP contribution in [0.25, 0.3) is 0 Å². The Labute approximate surface area is 184 Å². The fourth-order valence-electron chi connectivity index (χ4n) is 5.16. The van der Waals surface area contributed by atoms with Crippen molar-refractivity contribution >= 4 is 11.9 Å². The number of nitrogens with one attached hydrogen (secondary N) is 1. The Balaban J connectivity index is 1.48. The molecule has 1 aliphatic heterocycles. The van der Waals surface area contributed by atoms with E-state index in [4.69, 9.17) is 5.73 Å². The van der Waals surface area contributed by atoms with Gasteiger partial charge in [-0.3, -0.25) is 4.79 Å². The van der Waals surface area contributed by atoms with Gasteiger partial charge >= 0.3 is 6.03 Å². The third kappa shape index (κ3) is 4.27. The first kappa shape index (κ1) is 22.4. The molecule has 9 heteroatoms. The van der Waals surface area contributed by atoms with Crippen LogP contribution in [0.15, 0.2) is 24.3 Å². The number of hydrogen-bond donors (Lipinski definition) is 2. The summed E-state index contributed by atoms with van der Waals surface area (Å²) in [6.45, 7) is 0.960. The molecule has 0 radical (unpaired) electrons. The van der Waals surface area contributed by atoms with E-state index in [9.17, 15) is 28.0 Å². The van der Waals surface area contributed by atoms with Gasteiger partial charge in [0.05, 0.1) is 11.6 Å². The molecule has 2 saturated carbocycles. The molecule has 1 aromatic carbocycles. The first-order chi connectivity index (χ1) is 15.1. The van der Waals surface area contributed by atoms with Gasteiger partial charge in [0.15, 0.2) is 0 Å². The molecule has 3 aliphatic rings. The van der Waals surface area contributed by atoms with Crippen molar-refractivity contribution in [1.82, 2.24) is 10.2 Å². The quantitative estimate of drug-likeness (QED) is 0.666. The van der Waals surface area contributed by atoms with Crippen LogP contribution < -0.4 is 11.1 Å². The smallest absolute Gasteiger partial charge is 0.314 e. The number of carbonyl (C=O) groups is 2. The largest absolute Gasteiger partial charge is 0.351 e. The van der Waals surface area contributed by atoms with E-state index in [-0.39, 0.29) is 23.7 Å². The molecule has 1 unspecified atom stereocenters. The number of benzene rings is 1. The second-order valence-electron chi connectivity index (χ2n) is 9.51. The summed E-state index contributed by atoms with van der Waals surface area (Å²) in [5.74, 6) is -5.57. The molecule has 1 heterocycles. The lowest BCUT2D eigenvalue weighted by atomic mass is 9.83. The van der Waals surface area contributed by atoms with E-state index >= 15 is 0 Å². The number of amides is 3. The Morgan fingerprint density at radius 1 is 1.25 bits per heavy atom. The lowest BCUT2D eigenvalue weighted by molar-refractivity contribution is -0.127. The van der Waals surface area contributed by atoms with E-state index in [0.717, 1.165) is 12.1 Å². The first-order valence-electron chi connectivity index (χ1n) is 11.0. The summed E-state index contributed by atoms with van der Waals surface area (Å²) in [5, 5.41) is 12.1. The van der Waals surface area contributed by atoms with Crippen LogP contribution in [0.2, 0.25) is 0 Å². The predicted octanol–water partition coefficient (Wildman–Crippen LogP) is 3.67. The highest BCUT2D eigenvalue weighted by molar-refractivity contribution is 5.81. The number of rotatable bonds is 7. The SMILES string of the molecule is N#CC1(NC(=O)[C@@H](CCC(F)(F)c2ccccc2F)C2CC23CCN(C(N)=O)CC3)CC1. The van der Waals surface area contributed by atoms with Crippen molar-refractivity contribution in [3.63, 3.8) is 0 Å². The van der Waals surface area contributed by atoms with Gasteiger partial charge in [0.1, 0.15) is 11.4 Å². The number of hydrogen-bond acceptors (Lipinski definition) is 3. The number of urea groups is 1.